The van der Waals surface area contributed by atoms with Gasteiger partial charge in [-0.2, -0.15) is 0 Å². The fraction of sp³-hybridized carbons (Fsp3) is 0.700. The van der Waals surface area contributed by atoms with Gasteiger partial charge >= 0.3 is 0 Å². The van der Waals surface area contributed by atoms with Crippen LogP contribution in [0, 0.1) is 0 Å². The van der Waals surface area contributed by atoms with Crippen LogP contribution in [0.2, 0.25) is 0 Å². The Bertz CT molecular complexity index is 479. The molecule has 2 aliphatic rings. The Hall–Kier alpha value is -0.980. The van der Waals surface area contributed by atoms with Crippen LogP contribution in [0.1, 0.15) is 24.8 Å². The van der Waals surface area contributed by atoms with Crippen LogP contribution in [0.25, 0.3) is 0 Å². The first-order valence-electron chi connectivity index (χ1n) is 9.65. The molecule has 2 saturated heterocycles. The van der Waals surface area contributed by atoms with E-state index >= 15 is 0 Å². The molecule has 140 valence electrons. The summed E-state index contributed by atoms with van der Waals surface area (Å²) in [6.45, 7) is 7.99. The van der Waals surface area contributed by atoms with Gasteiger partial charge in [-0.3, -0.25) is 9.80 Å². The first-order chi connectivity index (χ1) is 12.3. The van der Waals surface area contributed by atoms with Crippen molar-refractivity contribution in [3.63, 3.8) is 0 Å². The second-order valence-electron chi connectivity index (χ2n) is 7.21. The minimum absolute atomic E-state index is 0.258. The lowest BCUT2D eigenvalue weighted by atomic mass is 10.1. The zero-order chi connectivity index (χ0) is 17.3. The predicted molar refractivity (Wildman–Crippen MR) is 98.6 cm³/mol. The zero-order valence-corrected chi connectivity index (χ0v) is 15.2. The number of hydrogen-bond acceptors (Lipinski definition) is 5. The minimum Gasteiger partial charge on any atom is -0.389 e. The van der Waals surface area contributed by atoms with Gasteiger partial charge in [0.25, 0.3) is 0 Å². The van der Waals surface area contributed by atoms with Gasteiger partial charge in [0, 0.05) is 39.4 Å². The van der Waals surface area contributed by atoms with Crippen molar-refractivity contribution in [1.29, 1.82) is 0 Å². The third-order valence-corrected chi connectivity index (χ3v) is 5.09. The van der Waals surface area contributed by atoms with E-state index in [0.29, 0.717) is 13.2 Å². The molecule has 2 fully saturated rings. The Labute approximate surface area is 151 Å². The van der Waals surface area contributed by atoms with E-state index in [1.54, 1.807) is 0 Å². The molecule has 1 aromatic rings. The van der Waals surface area contributed by atoms with Crippen molar-refractivity contribution in [3.8, 4) is 0 Å². The lowest BCUT2D eigenvalue weighted by Crippen LogP contribution is -2.38. The van der Waals surface area contributed by atoms with Crippen molar-refractivity contribution >= 4 is 0 Å². The molecule has 1 N–H and O–H groups in total. The standard InChI is InChI=1S/C20H32N2O3/c23-19(17-25-20-7-13-24-14-8-20)16-22-10-4-9-21(11-12-22)15-18-5-2-1-3-6-18/h1-3,5-6,19-20,23H,4,7-17H2. The Balaban J connectivity index is 1.35. The number of aliphatic hydroxyl groups excluding tert-OH is 1. The van der Waals surface area contributed by atoms with Crippen LogP contribution < -0.4 is 0 Å². The van der Waals surface area contributed by atoms with E-state index in [4.69, 9.17) is 9.47 Å². The van der Waals surface area contributed by atoms with Gasteiger partial charge in [0.15, 0.2) is 0 Å². The van der Waals surface area contributed by atoms with Gasteiger partial charge in [-0.25, -0.2) is 0 Å². The monoisotopic (exact) mass is 348 g/mol. The van der Waals surface area contributed by atoms with Crippen LogP contribution in [-0.2, 0) is 16.0 Å². The number of nitrogens with zero attached hydrogens (tertiary/aromatic N) is 2. The third kappa shape index (κ3) is 6.68. The van der Waals surface area contributed by atoms with Gasteiger partial charge in [0.1, 0.15) is 0 Å². The van der Waals surface area contributed by atoms with Crippen LogP contribution in [0.5, 0.6) is 0 Å². The fourth-order valence-electron chi connectivity index (χ4n) is 3.65. The fourth-order valence-corrected chi connectivity index (χ4v) is 3.65. The summed E-state index contributed by atoms with van der Waals surface area (Å²) in [6, 6.07) is 10.7. The number of benzene rings is 1. The smallest absolute Gasteiger partial charge is 0.0900 e. The molecule has 0 spiro atoms. The van der Waals surface area contributed by atoms with Crippen LogP contribution >= 0.6 is 0 Å². The normalized spacial score (nSPS) is 22.6. The van der Waals surface area contributed by atoms with Gasteiger partial charge in [-0.1, -0.05) is 30.3 Å². The van der Waals surface area contributed by atoms with Crippen molar-refractivity contribution in [2.75, 3.05) is 52.5 Å². The van der Waals surface area contributed by atoms with E-state index < -0.39 is 6.10 Å². The highest BCUT2D eigenvalue weighted by Crippen LogP contribution is 2.12. The summed E-state index contributed by atoms with van der Waals surface area (Å²) in [5.41, 5.74) is 1.38. The molecule has 3 rings (SSSR count). The van der Waals surface area contributed by atoms with Gasteiger partial charge < -0.3 is 14.6 Å². The van der Waals surface area contributed by atoms with Crippen molar-refractivity contribution in [2.24, 2.45) is 0 Å². The van der Waals surface area contributed by atoms with E-state index in [1.165, 1.54) is 5.56 Å². The maximum atomic E-state index is 10.3. The van der Waals surface area contributed by atoms with Crippen molar-refractivity contribution < 1.29 is 14.6 Å². The summed E-state index contributed by atoms with van der Waals surface area (Å²) in [7, 11) is 0. The molecule has 5 nitrogen and oxygen atoms in total. The predicted octanol–water partition coefficient (Wildman–Crippen LogP) is 1.75. The van der Waals surface area contributed by atoms with E-state index in [9.17, 15) is 5.11 Å². The average molecular weight is 348 g/mol. The molecular formula is C20H32N2O3. The van der Waals surface area contributed by atoms with Gasteiger partial charge in [-0.15, -0.1) is 0 Å². The van der Waals surface area contributed by atoms with Gasteiger partial charge in [-0.05, 0) is 37.9 Å². The lowest BCUT2D eigenvalue weighted by Gasteiger charge is -2.26. The summed E-state index contributed by atoms with van der Waals surface area (Å²) in [5, 5.41) is 10.3. The maximum absolute atomic E-state index is 10.3. The molecule has 25 heavy (non-hydrogen) atoms. The van der Waals surface area contributed by atoms with Gasteiger partial charge in [0.05, 0.1) is 18.8 Å². The number of ether oxygens (including phenoxy) is 2. The molecule has 2 aliphatic heterocycles. The quantitative estimate of drug-likeness (QED) is 0.813. The van der Waals surface area contributed by atoms with Crippen LogP contribution in [-0.4, -0.2) is 79.7 Å². The summed E-state index contributed by atoms with van der Waals surface area (Å²) in [4.78, 5) is 4.89. The Morgan fingerprint density at radius 1 is 1.04 bits per heavy atom. The highest BCUT2D eigenvalue weighted by Gasteiger charge is 2.20. The van der Waals surface area contributed by atoms with Crippen LogP contribution in [0.15, 0.2) is 30.3 Å². The van der Waals surface area contributed by atoms with E-state index in [1.807, 2.05) is 0 Å². The topological polar surface area (TPSA) is 45.2 Å². The van der Waals surface area contributed by atoms with E-state index in [-0.39, 0.29) is 6.10 Å². The van der Waals surface area contributed by atoms with E-state index in [2.05, 4.69) is 40.1 Å². The number of β-amino-alcohol motifs (C(OH)–C–C–N with tert-alkyl or cyclic N) is 1. The molecular weight excluding hydrogens is 316 g/mol. The van der Waals surface area contributed by atoms with Crippen molar-refractivity contribution in [2.45, 2.75) is 38.0 Å². The molecule has 1 atom stereocenters. The van der Waals surface area contributed by atoms with E-state index in [0.717, 1.165) is 65.2 Å². The largest absolute Gasteiger partial charge is 0.389 e. The summed E-state index contributed by atoms with van der Waals surface area (Å²) in [6.07, 6.45) is 2.91. The zero-order valence-electron chi connectivity index (χ0n) is 15.2. The highest BCUT2D eigenvalue weighted by molar-refractivity contribution is 5.14. The van der Waals surface area contributed by atoms with Crippen molar-refractivity contribution in [1.82, 2.24) is 9.80 Å². The lowest BCUT2D eigenvalue weighted by molar-refractivity contribution is -0.0639. The molecule has 5 heteroatoms. The molecule has 0 amide bonds. The number of rotatable bonds is 7. The Morgan fingerprint density at radius 2 is 1.76 bits per heavy atom. The molecule has 0 aromatic heterocycles. The molecule has 0 saturated carbocycles. The second kappa shape index (κ2) is 10.2. The highest BCUT2D eigenvalue weighted by atomic mass is 16.5. The summed E-state index contributed by atoms with van der Waals surface area (Å²) in [5.74, 6) is 0. The molecule has 1 aromatic carbocycles. The molecule has 1 unspecified atom stereocenters. The first kappa shape index (κ1) is 18.8. The van der Waals surface area contributed by atoms with Crippen LogP contribution in [0.3, 0.4) is 0 Å². The van der Waals surface area contributed by atoms with Crippen molar-refractivity contribution in [3.05, 3.63) is 35.9 Å². The van der Waals surface area contributed by atoms with Crippen LogP contribution in [0.4, 0.5) is 0 Å². The van der Waals surface area contributed by atoms with Gasteiger partial charge in [0.2, 0.25) is 0 Å². The summed E-state index contributed by atoms with van der Waals surface area (Å²) >= 11 is 0. The molecule has 0 bridgehead atoms. The minimum atomic E-state index is -0.400. The Kier molecular flexibility index (Phi) is 7.70. The SMILES string of the molecule is OC(COC1CCOCC1)CN1CCCN(Cc2ccccc2)CC1. The Morgan fingerprint density at radius 3 is 2.56 bits per heavy atom. The number of hydrogen-bond donors (Lipinski definition) is 1. The third-order valence-electron chi connectivity index (χ3n) is 5.09. The molecule has 2 heterocycles. The maximum Gasteiger partial charge on any atom is 0.0900 e. The first-order valence-corrected chi connectivity index (χ1v) is 9.65. The average Bonchev–Trinajstić information content (AvgIpc) is 2.87. The number of aliphatic hydroxyl groups is 1. The summed E-state index contributed by atoms with van der Waals surface area (Å²) < 4.78 is 11.2. The molecule has 0 aliphatic carbocycles. The second-order valence-corrected chi connectivity index (χ2v) is 7.21. The molecule has 0 radical (unpaired) electrons.